The zero-order chi connectivity index (χ0) is 11.4. The topological polar surface area (TPSA) is 24.7 Å². The summed E-state index contributed by atoms with van der Waals surface area (Å²) in [6.45, 7) is 1.14. The molecule has 0 aliphatic rings. The molecule has 0 aromatic heterocycles. The van der Waals surface area contributed by atoms with Gasteiger partial charge in [-0.15, -0.1) is 0 Å². The van der Waals surface area contributed by atoms with Crippen molar-refractivity contribution in [2.24, 2.45) is 0 Å². The molecule has 0 heterocycles. The quantitative estimate of drug-likeness (QED) is 0.550. The number of hydrogen-bond donors (Lipinski definition) is 2. The first-order chi connectivity index (χ1) is 5.22. The van der Waals surface area contributed by atoms with Crippen LogP contribution in [0.2, 0.25) is 0 Å². The molecule has 0 aromatic carbocycles. The Kier molecular flexibility index (Phi) is 4.25. The van der Waals surface area contributed by atoms with E-state index in [1.54, 1.807) is 0 Å². The van der Waals surface area contributed by atoms with Crippen LogP contribution in [0.5, 0.6) is 0 Å². The first-order valence-corrected chi connectivity index (χ1v) is 5.21. The number of aliphatic hydroxyl groups excluding tert-OH is 1. The molecule has 0 bridgehead atoms. The summed E-state index contributed by atoms with van der Waals surface area (Å²) in [7, 11) is -6.64. The third-order valence-electron chi connectivity index (χ3n) is 0.612. The maximum absolute atomic E-state index is 10.7. The van der Waals surface area contributed by atoms with Gasteiger partial charge < -0.3 is 10.0 Å². The van der Waals surface area contributed by atoms with Crippen molar-refractivity contribution in [2.45, 2.75) is 0 Å². The number of hydrogen-bond acceptors (Lipinski definition) is 1. The predicted octanol–water partition coefficient (Wildman–Crippen LogP) is 1.51. The van der Waals surface area contributed by atoms with Crippen molar-refractivity contribution in [1.82, 2.24) is 0 Å². The van der Waals surface area contributed by atoms with E-state index in [9.17, 15) is 25.2 Å². The van der Waals surface area contributed by atoms with Crippen LogP contribution in [-0.4, -0.2) is 32.4 Å². The fourth-order valence-electron chi connectivity index (χ4n) is 0.224. The van der Waals surface area contributed by atoms with Crippen LogP contribution in [0.15, 0.2) is 0 Å². The van der Waals surface area contributed by atoms with Crippen molar-refractivity contribution in [3.63, 3.8) is 0 Å². The van der Waals surface area contributed by atoms with E-state index in [2.05, 4.69) is 0 Å². The Labute approximate surface area is 71.4 Å². The van der Waals surface area contributed by atoms with Gasteiger partial charge in [-0.1, -0.05) is 0 Å². The van der Waals surface area contributed by atoms with Gasteiger partial charge >= 0.3 is 33.0 Å². The molecule has 0 amide bonds. The first-order valence-electron chi connectivity index (χ1n) is 3.18. The van der Waals surface area contributed by atoms with Gasteiger partial charge in [0.2, 0.25) is 0 Å². The Bertz CT molecular complexity index is 137. The molecule has 2 nitrogen and oxygen atoms in total. The van der Waals surface area contributed by atoms with Gasteiger partial charge in [0.25, 0.3) is 0 Å². The van der Waals surface area contributed by atoms with Gasteiger partial charge in [-0.3, -0.25) is 0 Å². The second kappa shape index (κ2) is 3.59. The standard InChI is InChI=1S/C4H11NO.F6P/c1-5(2)3-4-6;1-7(2,3,4,5)6/h6H,3-4H2,1-2H3;/q;-1/p+1. The van der Waals surface area contributed by atoms with E-state index in [4.69, 9.17) is 5.11 Å². The molecule has 0 aliphatic heterocycles. The molecule has 2 N–H and O–H groups in total. The summed E-state index contributed by atoms with van der Waals surface area (Å²) < 4.78 is 59.2. The summed E-state index contributed by atoms with van der Waals surface area (Å²) in [5, 5.41) is 8.22. The van der Waals surface area contributed by atoms with Crippen molar-refractivity contribution in [3.05, 3.63) is 0 Å². The van der Waals surface area contributed by atoms with Crippen LogP contribution in [0, 0.1) is 0 Å². The molecule has 0 fully saturated rings. The molecule has 0 saturated heterocycles. The van der Waals surface area contributed by atoms with Gasteiger partial charge in [0, 0.05) is 0 Å². The number of nitrogens with one attached hydrogen (secondary N) is 1. The summed E-state index contributed by atoms with van der Waals surface area (Å²) in [5.74, 6) is 0. The summed E-state index contributed by atoms with van der Waals surface area (Å²) in [5.41, 5.74) is 0. The third-order valence-corrected chi connectivity index (χ3v) is 0.612. The Morgan fingerprint density at radius 1 is 1.00 bits per heavy atom. The molecular formula is C4H12F6NOP. The van der Waals surface area contributed by atoms with Crippen molar-refractivity contribution in [2.75, 3.05) is 27.2 Å². The van der Waals surface area contributed by atoms with Crippen molar-refractivity contribution in [3.8, 4) is 0 Å². The first kappa shape index (κ1) is 15.4. The van der Waals surface area contributed by atoms with E-state index in [-0.39, 0.29) is 0 Å². The van der Waals surface area contributed by atoms with E-state index in [1.165, 1.54) is 4.90 Å². The second-order valence-corrected chi connectivity index (χ2v) is 4.56. The second-order valence-electron chi connectivity index (χ2n) is 2.64. The minimum atomic E-state index is -10.7. The van der Waals surface area contributed by atoms with Gasteiger partial charge in [-0.05, 0) is 0 Å². The molecule has 86 valence electrons. The normalized spacial score (nSPS) is 17.1. The summed E-state index contributed by atoms with van der Waals surface area (Å²) in [6, 6.07) is 0. The zero-order valence-corrected chi connectivity index (χ0v) is 7.97. The molecular weight excluding hydrogens is 223 g/mol. The minimum absolute atomic E-state index is 0.294. The Morgan fingerprint density at radius 2 is 1.23 bits per heavy atom. The molecule has 0 unspecified atom stereocenters. The third kappa shape index (κ3) is 137. The summed E-state index contributed by atoms with van der Waals surface area (Å²) >= 11 is 0. The van der Waals surface area contributed by atoms with Gasteiger partial charge in [-0.2, -0.15) is 0 Å². The van der Waals surface area contributed by atoms with Gasteiger partial charge in [0.1, 0.15) is 6.54 Å². The van der Waals surface area contributed by atoms with Crippen molar-refractivity contribution < 1.29 is 35.2 Å². The SMILES string of the molecule is C[NH+](C)CCO.F[P-](F)(F)(F)(F)F. The van der Waals surface area contributed by atoms with Gasteiger partial charge in [0.05, 0.1) is 20.7 Å². The van der Waals surface area contributed by atoms with Crippen LogP contribution >= 0.6 is 7.81 Å². The van der Waals surface area contributed by atoms with E-state index in [0.29, 0.717) is 6.61 Å². The molecule has 0 rings (SSSR count). The van der Waals surface area contributed by atoms with Gasteiger partial charge in [0.15, 0.2) is 0 Å². The number of rotatable bonds is 2. The van der Waals surface area contributed by atoms with Gasteiger partial charge in [-0.25, -0.2) is 0 Å². The number of quaternary nitrogens is 1. The number of halogens is 6. The molecule has 13 heavy (non-hydrogen) atoms. The molecule has 9 heteroatoms. The molecule has 0 aliphatic carbocycles. The van der Waals surface area contributed by atoms with E-state index in [0.717, 1.165) is 6.54 Å². The predicted molar refractivity (Wildman–Crippen MR) is 38.3 cm³/mol. The van der Waals surface area contributed by atoms with Crippen LogP contribution in [0.4, 0.5) is 25.2 Å². The fraction of sp³-hybridized carbons (Fsp3) is 1.00. The molecule has 0 radical (unpaired) electrons. The molecule has 0 saturated carbocycles. The Morgan fingerprint density at radius 3 is 1.23 bits per heavy atom. The molecule has 0 spiro atoms. The monoisotopic (exact) mass is 235 g/mol. The number of aliphatic hydroxyl groups is 1. The Hall–Kier alpha value is -0.0700. The summed E-state index contributed by atoms with van der Waals surface area (Å²) in [4.78, 5) is 1.29. The van der Waals surface area contributed by atoms with Crippen molar-refractivity contribution in [1.29, 1.82) is 0 Å². The van der Waals surface area contributed by atoms with Crippen LogP contribution < -0.4 is 4.90 Å². The van der Waals surface area contributed by atoms with Crippen molar-refractivity contribution >= 4 is 7.81 Å². The Balaban J connectivity index is 0. The maximum atomic E-state index is 9.87. The summed E-state index contributed by atoms with van der Waals surface area (Å²) in [6.07, 6.45) is 0. The number of likely N-dealkylation sites (N-methyl/N-ethyl adjacent to an activating group) is 1. The average molecular weight is 235 g/mol. The van der Waals surface area contributed by atoms with Crippen LogP contribution in [-0.2, 0) is 0 Å². The van der Waals surface area contributed by atoms with E-state index in [1.807, 2.05) is 14.1 Å². The fourth-order valence-corrected chi connectivity index (χ4v) is 0.224. The van der Waals surface area contributed by atoms with E-state index >= 15 is 0 Å². The van der Waals surface area contributed by atoms with Crippen LogP contribution in [0.1, 0.15) is 0 Å². The zero-order valence-electron chi connectivity index (χ0n) is 7.08. The average Bonchev–Trinajstić information content (AvgIpc) is 1.53. The van der Waals surface area contributed by atoms with E-state index < -0.39 is 7.81 Å². The van der Waals surface area contributed by atoms with Crippen LogP contribution in [0.3, 0.4) is 0 Å². The van der Waals surface area contributed by atoms with Crippen LogP contribution in [0.25, 0.3) is 0 Å². The molecule has 0 atom stereocenters. The molecule has 0 aromatic rings.